The minimum absolute atomic E-state index is 0.0319. The summed E-state index contributed by atoms with van der Waals surface area (Å²) >= 11 is 0. The predicted octanol–water partition coefficient (Wildman–Crippen LogP) is 4.52. The van der Waals surface area contributed by atoms with Gasteiger partial charge in [0.15, 0.2) is 0 Å². The van der Waals surface area contributed by atoms with Gasteiger partial charge in [-0.3, -0.25) is 9.59 Å². The Labute approximate surface area is 169 Å². The van der Waals surface area contributed by atoms with Crippen molar-refractivity contribution in [3.05, 3.63) is 77.9 Å². The molecule has 0 aliphatic carbocycles. The molecule has 0 saturated carbocycles. The summed E-state index contributed by atoms with van der Waals surface area (Å²) in [6.45, 7) is 2.24. The van der Waals surface area contributed by atoms with Crippen molar-refractivity contribution >= 4 is 23.2 Å². The van der Waals surface area contributed by atoms with E-state index in [-0.39, 0.29) is 11.8 Å². The van der Waals surface area contributed by atoms with Crippen molar-refractivity contribution in [3.8, 4) is 16.9 Å². The summed E-state index contributed by atoms with van der Waals surface area (Å²) in [5.74, 6) is 0.453. The van der Waals surface area contributed by atoms with Gasteiger partial charge in [-0.25, -0.2) is 0 Å². The predicted molar refractivity (Wildman–Crippen MR) is 115 cm³/mol. The van der Waals surface area contributed by atoms with E-state index in [4.69, 9.17) is 4.74 Å². The molecule has 0 aromatic heterocycles. The Kier molecular flexibility index (Phi) is 5.04. The van der Waals surface area contributed by atoms with E-state index in [1.54, 1.807) is 25.0 Å². The fraction of sp³-hybridized carbons (Fsp3) is 0.167. The lowest BCUT2D eigenvalue weighted by Gasteiger charge is -2.15. The normalized spacial score (nSPS) is 12.4. The average Bonchev–Trinajstić information content (AvgIpc) is 3.17. The van der Waals surface area contributed by atoms with Gasteiger partial charge in [0, 0.05) is 24.8 Å². The first-order chi connectivity index (χ1) is 14.1. The third-order valence-electron chi connectivity index (χ3n) is 5.17. The van der Waals surface area contributed by atoms with E-state index in [1.807, 2.05) is 60.7 Å². The van der Waals surface area contributed by atoms with Gasteiger partial charge in [-0.1, -0.05) is 30.3 Å². The number of anilines is 2. The van der Waals surface area contributed by atoms with E-state index in [9.17, 15) is 9.59 Å². The smallest absolute Gasteiger partial charge is 0.256 e. The molecule has 3 aromatic rings. The molecule has 0 bridgehead atoms. The number of carbonyl (C=O) groups excluding carboxylic acids is 2. The summed E-state index contributed by atoms with van der Waals surface area (Å²) in [7, 11) is 1.58. The number of fused-ring (bicyclic) bond motifs is 1. The average molecular weight is 386 g/mol. The molecule has 5 nitrogen and oxygen atoms in total. The van der Waals surface area contributed by atoms with E-state index in [0.717, 1.165) is 28.8 Å². The van der Waals surface area contributed by atoms with Crippen molar-refractivity contribution in [3.63, 3.8) is 0 Å². The van der Waals surface area contributed by atoms with Crippen LogP contribution in [0.1, 0.15) is 22.8 Å². The summed E-state index contributed by atoms with van der Waals surface area (Å²) in [5.41, 5.74) is 5.04. The molecule has 1 aliphatic rings. The molecule has 2 amide bonds. The van der Waals surface area contributed by atoms with Crippen molar-refractivity contribution in [2.24, 2.45) is 0 Å². The summed E-state index contributed by atoms with van der Waals surface area (Å²) in [6, 6.07) is 21.0. The van der Waals surface area contributed by atoms with E-state index >= 15 is 0 Å². The summed E-state index contributed by atoms with van der Waals surface area (Å²) < 4.78 is 5.32. The molecule has 1 heterocycles. The van der Waals surface area contributed by atoms with Crippen LogP contribution in [-0.2, 0) is 11.2 Å². The first kappa shape index (κ1) is 18.7. The lowest BCUT2D eigenvalue weighted by atomic mass is 9.98. The maximum absolute atomic E-state index is 13.1. The fourth-order valence-electron chi connectivity index (χ4n) is 3.71. The molecule has 146 valence electrons. The largest absolute Gasteiger partial charge is 0.497 e. The standard InChI is InChI=1S/C24H22N2O3/c1-16(27)26-13-12-18-14-19(8-11-23(18)26)25-24(28)22-15-20(29-2)9-10-21(22)17-6-4-3-5-7-17/h3-11,14-15H,12-13H2,1-2H3,(H,25,28). The lowest BCUT2D eigenvalue weighted by molar-refractivity contribution is -0.116. The number of benzene rings is 3. The molecule has 0 radical (unpaired) electrons. The number of hydrogen-bond acceptors (Lipinski definition) is 3. The third kappa shape index (κ3) is 3.72. The van der Waals surface area contributed by atoms with Crippen molar-refractivity contribution < 1.29 is 14.3 Å². The highest BCUT2D eigenvalue weighted by atomic mass is 16.5. The minimum atomic E-state index is -0.205. The van der Waals surface area contributed by atoms with Gasteiger partial charge in [0.1, 0.15) is 5.75 Å². The molecule has 0 spiro atoms. The second-order valence-electron chi connectivity index (χ2n) is 7.00. The van der Waals surface area contributed by atoms with Crippen LogP contribution in [-0.4, -0.2) is 25.5 Å². The van der Waals surface area contributed by atoms with Crippen molar-refractivity contribution in [1.82, 2.24) is 0 Å². The SMILES string of the molecule is COc1ccc(-c2ccccc2)c(C(=O)Nc2ccc3c(c2)CCN3C(C)=O)c1. The molecule has 29 heavy (non-hydrogen) atoms. The second kappa shape index (κ2) is 7.80. The number of carbonyl (C=O) groups is 2. The Balaban J connectivity index is 1.65. The van der Waals surface area contributed by atoms with Crippen LogP contribution in [0.5, 0.6) is 5.75 Å². The maximum atomic E-state index is 13.1. The van der Waals surface area contributed by atoms with Gasteiger partial charge >= 0.3 is 0 Å². The third-order valence-corrected chi connectivity index (χ3v) is 5.17. The Hall–Kier alpha value is -3.60. The molecule has 0 saturated heterocycles. The van der Waals surface area contributed by atoms with Gasteiger partial charge in [-0.2, -0.15) is 0 Å². The highest BCUT2D eigenvalue weighted by molar-refractivity contribution is 6.09. The summed E-state index contributed by atoms with van der Waals surface area (Å²) in [6.07, 6.45) is 0.785. The molecular formula is C24H22N2O3. The van der Waals surface area contributed by atoms with Gasteiger partial charge in [0.25, 0.3) is 5.91 Å². The number of hydrogen-bond donors (Lipinski definition) is 1. The number of nitrogens with one attached hydrogen (secondary N) is 1. The van der Waals surface area contributed by atoms with E-state index in [2.05, 4.69) is 5.32 Å². The Bertz CT molecular complexity index is 1080. The summed E-state index contributed by atoms with van der Waals surface area (Å²) in [4.78, 5) is 26.6. The number of methoxy groups -OCH3 is 1. The quantitative estimate of drug-likeness (QED) is 0.717. The zero-order valence-corrected chi connectivity index (χ0v) is 16.4. The number of rotatable bonds is 4. The Morgan fingerprint density at radius 2 is 1.79 bits per heavy atom. The number of nitrogens with zero attached hydrogens (tertiary/aromatic N) is 1. The molecule has 0 atom stereocenters. The van der Waals surface area contributed by atoms with E-state index < -0.39 is 0 Å². The zero-order valence-electron chi connectivity index (χ0n) is 16.4. The van der Waals surface area contributed by atoms with Crippen LogP contribution >= 0.6 is 0 Å². The lowest BCUT2D eigenvalue weighted by Crippen LogP contribution is -2.25. The van der Waals surface area contributed by atoms with Gasteiger partial charge in [0.05, 0.1) is 12.7 Å². The first-order valence-electron chi connectivity index (χ1n) is 9.52. The molecule has 4 rings (SSSR count). The van der Waals surface area contributed by atoms with Crippen LogP contribution in [0.25, 0.3) is 11.1 Å². The van der Waals surface area contributed by atoms with E-state index in [0.29, 0.717) is 23.5 Å². The van der Waals surface area contributed by atoms with Crippen LogP contribution in [0.4, 0.5) is 11.4 Å². The zero-order chi connectivity index (χ0) is 20.4. The number of amides is 2. The van der Waals surface area contributed by atoms with Gasteiger partial charge in [0.2, 0.25) is 5.91 Å². The van der Waals surface area contributed by atoms with Crippen molar-refractivity contribution in [2.45, 2.75) is 13.3 Å². The fourth-order valence-corrected chi connectivity index (χ4v) is 3.71. The topological polar surface area (TPSA) is 58.6 Å². The minimum Gasteiger partial charge on any atom is -0.497 e. The van der Waals surface area contributed by atoms with Crippen LogP contribution in [0.15, 0.2) is 66.7 Å². The molecule has 1 N–H and O–H groups in total. The summed E-state index contributed by atoms with van der Waals surface area (Å²) in [5, 5.41) is 3.00. The van der Waals surface area contributed by atoms with Gasteiger partial charge in [-0.05, 0) is 59.5 Å². The Morgan fingerprint density at radius 1 is 1.00 bits per heavy atom. The second-order valence-corrected chi connectivity index (χ2v) is 7.00. The maximum Gasteiger partial charge on any atom is 0.256 e. The molecular weight excluding hydrogens is 364 g/mol. The highest BCUT2D eigenvalue weighted by Gasteiger charge is 2.23. The van der Waals surface area contributed by atoms with Crippen LogP contribution in [0.3, 0.4) is 0 Å². The van der Waals surface area contributed by atoms with Crippen LogP contribution in [0.2, 0.25) is 0 Å². The monoisotopic (exact) mass is 386 g/mol. The Morgan fingerprint density at radius 3 is 2.52 bits per heavy atom. The molecule has 3 aromatic carbocycles. The molecule has 5 heteroatoms. The highest BCUT2D eigenvalue weighted by Crippen LogP contribution is 2.32. The van der Waals surface area contributed by atoms with Crippen molar-refractivity contribution in [1.29, 1.82) is 0 Å². The van der Waals surface area contributed by atoms with Gasteiger partial charge in [-0.15, -0.1) is 0 Å². The molecule has 0 unspecified atom stereocenters. The van der Waals surface area contributed by atoms with Crippen molar-refractivity contribution in [2.75, 3.05) is 23.9 Å². The first-order valence-corrected chi connectivity index (χ1v) is 9.52. The van der Waals surface area contributed by atoms with Crippen LogP contribution in [0, 0.1) is 0 Å². The van der Waals surface area contributed by atoms with Crippen LogP contribution < -0.4 is 15.0 Å². The van der Waals surface area contributed by atoms with Gasteiger partial charge < -0.3 is 15.0 Å². The number of ether oxygens (including phenoxy) is 1. The molecule has 0 fully saturated rings. The van der Waals surface area contributed by atoms with E-state index in [1.165, 1.54) is 0 Å². The molecule has 1 aliphatic heterocycles.